The molecule has 0 aromatic heterocycles. The summed E-state index contributed by atoms with van der Waals surface area (Å²) in [4.78, 5) is 25.7. The number of hydrazine groups is 1. The molecule has 41 heavy (non-hydrogen) atoms. The normalized spacial score (nSPS) is 30.5. The molecule has 10 nitrogen and oxygen atoms in total. The van der Waals surface area contributed by atoms with Gasteiger partial charge in [0.05, 0.1) is 30.6 Å². The summed E-state index contributed by atoms with van der Waals surface area (Å²) < 4.78 is 57.2. The topological polar surface area (TPSA) is 125 Å². The quantitative estimate of drug-likeness (QED) is 0.416. The van der Waals surface area contributed by atoms with E-state index >= 15 is 0 Å². The first-order valence-corrected chi connectivity index (χ1v) is 13.7. The molecule has 3 aliphatic heterocycles. The van der Waals surface area contributed by atoms with Crippen molar-refractivity contribution in [2.45, 2.75) is 94.6 Å². The van der Waals surface area contributed by atoms with Gasteiger partial charge in [-0.25, -0.2) is 15.2 Å². The number of esters is 1. The summed E-state index contributed by atoms with van der Waals surface area (Å²) in [7, 11) is 1.01. The van der Waals surface area contributed by atoms with Crippen LogP contribution in [0.5, 0.6) is 0 Å². The summed E-state index contributed by atoms with van der Waals surface area (Å²) in [6.07, 6.45) is -4.47. The molecule has 3 fully saturated rings. The number of ether oxygens (including phenoxy) is 3. The van der Waals surface area contributed by atoms with Crippen molar-refractivity contribution in [3.63, 3.8) is 0 Å². The van der Waals surface area contributed by atoms with E-state index in [0.29, 0.717) is 31.5 Å². The number of nitriles is 1. The van der Waals surface area contributed by atoms with Gasteiger partial charge in [-0.2, -0.15) is 18.4 Å². The molecule has 3 N–H and O–H groups in total. The standard InChI is InChI=1S/C28H38F3N5O5/c1-25(2,3)41-24(38)20-10-12-27(13-14-32,16-40-20)36-19-11-15-33-23(37)21(19)22(35-36)34-18-8-6-17(7-9-18)26(4,39-5)28(29,30)31/h6-9,19-22,34-35H,10-13,15-16H2,1-5H3,(H,33,37)/t19?,20-,21?,22?,26?,27-/m0/s1. The lowest BCUT2D eigenvalue weighted by Crippen LogP contribution is -2.63. The van der Waals surface area contributed by atoms with Crippen molar-refractivity contribution >= 4 is 17.6 Å². The predicted octanol–water partition coefficient (Wildman–Crippen LogP) is 3.35. The van der Waals surface area contributed by atoms with E-state index in [2.05, 4.69) is 22.1 Å². The third-order valence-corrected chi connectivity index (χ3v) is 8.15. The molecule has 13 heteroatoms. The van der Waals surface area contributed by atoms with E-state index in [9.17, 15) is 28.0 Å². The highest BCUT2D eigenvalue weighted by atomic mass is 19.4. The minimum absolute atomic E-state index is 0.0563. The smallest absolute Gasteiger partial charge is 0.421 e. The van der Waals surface area contributed by atoms with Crippen molar-refractivity contribution in [3.8, 4) is 6.07 Å². The number of anilines is 1. The molecule has 4 unspecified atom stereocenters. The van der Waals surface area contributed by atoms with Gasteiger partial charge in [0.15, 0.2) is 11.7 Å². The number of hydrogen-bond acceptors (Lipinski definition) is 9. The van der Waals surface area contributed by atoms with Gasteiger partial charge in [-0.05, 0) is 64.7 Å². The number of benzene rings is 1. The number of amides is 1. The molecule has 1 aromatic rings. The van der Waals surface area contributed by atoms with Crippen LogP contribution in [0.1, 0.15) is 58.9 Å². The van der Waals surface area contributed by atoms with Crippen LogP contribution >= 0.6 is 0 Å². The van der Waals surface area contributed by atoms with Crippen molar-refractivity contribution < 1.29 is 37.0 Å². The molecule has 0 radical (unpaired) electrons. The number of alkyl halides is 3. The van der Waals surface area contributed by atoms with Crippen molar-refractivity contribution in [1.29, 1.82) is 5.26 Å². The van der Waals surface area contributed by atoms with Crippen molar-refractivity contribution in [2.75, 3.05) is 25.6 Å². The van der Waals surface area contributed by atoms with E-state index in [1.807, 2.05) is 5.01 Å². The van der Waals surface area contributed by atoms with Crippen LogP contribution in [0, 0.1) is 17.2 Å². The number of rotatable bonds is 7. The average Bonchev–Trinajstić information content (AvgIpc) is 3.27. The van der Waals surface area contributed by atoms with Gasteiger partial charge in [0.25, 0.3) is 0 Å². The lowest BCUT2D eigenvalue weighted by atomic mass is 9.83. The summed E-state index contributed by atoms with van der Waals surface area (Å²) in [5, 5.41) is 17.8. The Balaban J connectivity index is 1.54. The van der Waals surface area contributed by atoms with Gasteiger partial charge in [-0.15, -0.1) is 0 Å². The SMILES string of the molecule is COC(C)(c1ccc(NC2NN([C@]3(CC#N)CC[C@@H](C(=O)OC(C)(C)C)OC3)C3CCNC(=O)C23)cc1)C(F)(F)F. The van der Waals surface area contributed by atoms with Gasteiger partial charge in [0.1, 0.15) is 11.8 Å². The molecule has 4 rings (SSSR count). The fourth-order valence-electron chi connectivity index (χ4n) is 5.80. The Morgan fingerprint density at radius 3 is 2.44 bits per heavy atom. The maximum absolute atomic E-state index is 13.6. The molecule has 0 aliphatic carbocycles. The van der Waals surface area contributed by atoms with Gasteiger partial charge >= 0.3 is 12.1 Å². The first-order valence-electron chi connectivity index (χ1n) is 13.7. The second kappa shape index (κ2) is 11.4. The van der Waals surface area contributed by atoms with Gasteiger partial charge in [0.2, 0.25) is 5.91 Å². The Labute approximate surface area is 237 Å². The third kappa shape index (κ3) is 6.16. The monoisotopic (exact) mass is 581 g/mol. The summed E-state index contributed by atoms with van der Waals surface area (Å²) in [6.45, 7) is 6.85. The first-order chi connectivity index (χ1) is 19.1. The fraction of sp³-hybridized carbons (Fsp3) is 0.679. The molecular formula is C28H38F3N5O5. The number of nitrogens with one attached hydrogen (secondary N) is 3. The molecule has 0 spiro atoms. The lowest BCUT2D eigenvalue weighted by Gasteiger charge is -2.47. The number of carbonyl (C=O) groups excluding carboxylic acids is 2. The molecule has 3 aliphatic rings. The Morgan fingerprint density at radius 2 is 1.90 bits per heavy atom. The maximum atomic E-state index is 13.6. The van der Waals surface area contributed by atoms with Crippen LogP contribution in [0.2, 0.25) is 0 Å². The number of methoxy groups -OCH3 is 1. The zero-order valence-corrected chi connectivity index (χ0v) is 23.9. The highest BCUT2D eigenvalue weighted by Crippen LogP contribution is 2.43. The van der Waals surface area contributed by atoms with E-state index in [1.165, 1.54) is 24.3 Å². The molecule has 6 atom stereocenters. The second-order valence-electron chi connectivity index (χ2n) is 12.0. The van der Waals surface area contributed by atoms with Crippen LogP contribution in [-0.4, -0.2) is 72.8 Å². The average molecular weight is 582 g/mol. The Bertz CT molecular complexity index is 1160. The number of carbonyl (C=O) groups is 2. The van der Waals surface area contributed by atoms with Crippen LogP contribution in [0.4, 0.5) is 18.9 Å². The number of nitrogens with zero attached hydrogens (tertiary/aromatic N) is 2. The lowest BCUT2D eigenvalue weighted by molar-refractivity contribution is -0.269. The van der Waals surface area contributed by atoms with E-state index in [-0.39, 0.29) is 30.5 Å². The zero-order chi connectivity index (χ0) is 30.2. The summed E-state index contributed by atoms with van der Waals surface area (Å²) in [6, 6.07) is 7.67. The molecular weight excluding hydrogens is 543 g/mol. The maximum Gasteiger partial charge on any atom is 0.421 e. The molecule has 0 saturated carbocycles. The van der Waals surface area contributed by atoms with E-state index in [0.717, 1.165) is 14.0 Å². The fourth-order valence-corrected chi connectivity index (χ4v) is 5.80. The van der Waals surface area contributed by atoms with Crippen molar-refractivity contribution in [3.05, 3.63) is 29.8 Å². The minimum atomic E-state index is -4.61. The van der Waals surface area contributed by atoms with Crippen molar-refractivity contribution in [1.82, 2.24) is 15.8 Å². The molecule has 3 heterocycles. The van der Waals surface area contributed by atoms with Crippen molar-refractivity contribution in [2.24, 2.45) is 5.92 Å². The number of halogens is 3. The Kier molecular flexibility index (Phi) is 8.62. The molecule has 3 saturated heterocycles. The molecule has 1 aromatic carbocycles. The van der Waals surface area contributed by atoms with Crippen LogP contribution < -0.4 is 16.1 Å². The molecule has 0 bridgehead atoms. The van der Waals surface area contributed by atoms with Gasteiger partial charge in [0, 0.05) is 25.4 Å². The molecule has 1 amide bonds. The van der Waals surface area contributed by atoms with Gasteiger partial charge < -0.3 is 24.8 Å². The van der Waals surface area contributed by atoms with Crippen LogP contribution in [0.15, 0.2) is 24.3 Å². The Hall–Kier alpha value is -2.92. The Morgan fingerprint density at radius 1 is 1.22 bits per heavy atom. The van der Waals surface area contributed by atoms with E-state index in [4.69, 9.17) is 14.2 Å². The minimum Gasteiger partial charge on any atom is -0.458 e. The van der Waals surface area contributed by atoms with Gasteiger partial charge in [-0.1, -0.05) is 12.1 Å². The largest absolute Gasteiger partial charge is 0.458 e. The highest BCUT2D eigenvalue weighted by molar-refractivity contribution is 5.82. The van der Waals surface area contributed by atoms with Crippen LogP contribution in [0.25, 0.3) is 0 Å². The third-order valence-electron chi connectivity index (χ3n) is 8.15. The first kappa shape index (κ1) is 31.0. The van der Waals surface area contributed by atoms with E-state index in [1.54, 1.807) is 20.8 Å². The zero-order valence-electron chi connectivity index (χ0n) is 23.9. The van der Waals surface area contributed by atoms with Crippen LogP contribution in [0.3, 0.4) is 0 Å². The highest BCUT2D eigenvalue weighted by Gasteiger charge is 2.56. The summed E-state index contributed by atoms with van der Waals surface area (Å²) in [5.41, 5.74) is -0.105. The summed E-state index contributed by atoms with van der Waals surface area (Å²) >= 11 is 0. The second-order valence-corrected chi connectivity index (χ2v) is 12.0. The number of hydrogen-bond donors (Lipinski definition) is 3. The van der Waals surface area contributed by atoms with E-state index < -0.39 is 47.1 Å². The summed E-state index contributed by atoms with van der Waals surface area (Å²) in [5.74, 6) is -1.18. The van der Waals surface area contributed by atoms with Gasteiger partial charge in [-0.3, -0.25) is 4.79 Å². The van der Waals surface area contributed by atoms with Crippen LogP contribution in [-0.2, 0) is 29.4 Å². The number of piperidine rings is 1. The molecule has 226 valence electrons. The number of fused-ring (bicyclic) bond motifs is 1. The predicted molar refractivity (Wildman–Crippen MR) is 142 cm³/mol.